The Bertz CT molecular complexity index is 2650. The van der Waals surface area contributed by atoms with Crippen LogP contribution in [-0.2, 0) is 0 Å². The maximum Gasteiger partial charge on any atom is 0.210 e. The third kappa shape index (κ3) is 5.18. The first kappa shape index (κ1) is 29.8. The molecule has 0 unspecified atom stereocenters. The molecule has 0 amide bonds. The van der Waals surface area contributed by atoms with Crippen LogP contribution in [-0.4, -0.2) is 0 Å². The van der Waals surface area contributed by atoms with Gasteiger partial charge in [-0.2, -0.15) is 5.26 Å². The monoisotopic (exact) mass is 652 g/mol. The molecule has 1 aromatic heterocycles. The van der Waals surface area contributed by atoms with Gasteiger partial charge in [-0.15, -0.1) is 0 Å². The molecule has 0 saturated carbocycles. The second-order valence-corrected chi connectivity index (χ2v) is 12.4. The van der Waals surface area contributed by atoms with Crippen LogP contribution < -0.4 is 9.80 Å². The van der Waals surface area contributed by atoms with E-state index in [1.165, 1.54) is 0 Å². The molecule has 51 heavy (non-hydrogen) atoms. The van der Waals surface area contributed by atoms with E-state index in [4.69, 9.17) is 11.0 Å². The fraction of sp³-hybridized carbons (Fsp3) is 0. The van der Waals surface area contributed by atoms with Crippen molar-refractivity contribution in [1.82, 2.24) is 0 Å². The summed E-state index contributed by atoms with van der Waals surface area (Å²) in [5, 5.41) is 16.4. The molecule has 0 atom stereocenters. The molecular formula is C46H28N4O. The lowest BCUT2D eigenvalue weighted by atomic mass is 10.0. The summed E-state index contributed by atoms with van der Waals surface area (Å²) in [4.78, 5) is 8.08. The number of rotatable bonds is 6. The lowest BCUT2D eigenvalue weighted by Crippen LogP contribution is -2.11. The van der Waals surface area contributed by atoms with Crippen LogP contribution in [0.15, 0.2) is 174 Å². The second kappa shape index (κ2) is 12.3. The molecule has 8 aromatic carbocycles. The van der Waals surface area contributed by atoms with Gasteiger partial charge in [-0.1, -0.05) is 78.9 Å². The van der Waals surface area contributed by atoms with Crippen LogP contribution in [0.25, 0.3) is 48.3 Å². The van der Waals surface area contributed by atoms with Crippen molar-refractivity contribution in [3.05, 3.63) is 187 Å². The highest BCUT2D eigenvalue weighted by Gasteiger charge is 2.19. The van der Waals surface area contributed by atoms with Crippen LogP contribution in [0.5, 0.6) is 0 Å². The van der Waals surface area contributed by atoms with E-state index in [-0.39, 0.29) is 0 Å². The summed E-state index contributed by atoms with van der Waals surface area (Å²) in [6.45, 7) is 7.83. The highest BCUT2D eigenvalue weighted by Crippen LogP contribution is 2.43. The van der Waals surface area contributed by atoms with Gasteiger partial charge in [0.2, 0.25) is 5.69 Å². The van der Waals surface area contributed by atoms with Gasteiger partial charge in [0, 0.05) is 33.5 Å². The molecule has 0 radical (unpaired) electrons. The average Bonchev–Trinajstić information content (AvgIpc) is 3.53. The van der Waals surface area contributed by atoms with E-state index in [2.05, 4.69) is 106 Å². The molecule has 9 aromatic rings. The third-order valence-electron chi connectivity index (χ3n) is 9.41. The average molecular weight is 653 g/mol. The number of furan rings is 1. The van der Waals surface area contributed by atoms with E-state index in [9.17, 15) is 5.26 Å². The highest BCUT2D eigenvalue weighted by molar-refractivity contribution is 6.14. The molecule has 0 N–H and O–H groups in total. The summed E-state index contributed by atoms with van der Waals surface area (Å²) in [5.41, 5.74) is 8.33. The van der Waals surface area contributed by atoms with Crippen molar-refractivity contribution >= 4 is 83.3 Å². The minimum absolute atomic E-state index is 0.588. The van der Waals surface area contributed by atoms with Crippen LogP contribution in [0, 0.1) is 17.9 Å². The first-order valence-corrected chi connectivity index (χ1v) is 16.7. The lowest BCUT2D eigenvalue weighted by Gasteiger charge is -2.27. The maximum atomic E-state index is 9.96. The summed E-state index contributed by atoms with van der Waals surface area (Å²) in [6.07, 6.45) is 0. The number of fused-ring (bicyclic) bond motifs is 5. The number of hydrogen-bond acceptors (Lipinski definition) is 4. The normalized spacial score (nSPS) is 11.1. The zero-order chi connectivity index (χ0) is 34.3. The molecule has 1 heterocycles. The summed E-state index contributed by atoms with van der Waals surface area (Å²) in [7, 11) is 0. The van der Waals surface area contributed by atoms with Crippen molar-refractivity contribution in [3.63, 3.8) is 0 Å². The van der Waals surface area contributed by atoms with Gasteiger partial charge in [-0.3, -0.25) is 0 Å². The molecule has 238 valence electrons. The van der Waals surface area contributed by atoms with Crippen molar-refractivity contribution in [2.75, 3.05) is 9.80 Å². The number of anilines is 6. The molecule has 0 saturated heterocycles. The Morgan fingerprint density at radius 2 is 0.961 bits per heavy atom. The van der Waals surface area contributed by atoms with Crippen LogP contribution in [0.3, 0.4) is 0 Å². The SMILES string of the molecule is [C-]#[N+]c1ccccc1N(c1ccccc1)c1ccc2cc3c(cc2c1)oc1cc2cc(N(c4ccccc4)c4ccccc4C#N)ccc2cc13. The van der Waals surface area contributed by atoms with Crippen molar-refractivity contribution < 1.29 is 4.42 Å². The van der Waals surface area contributed by atoms with E-state index >= 15 is 0 Å². The second-order valence-electron chi connectivity index (χ2n) is 12.4. The van der Waals surface area contributed by atoms with Gasteiger partial charge >= 0.3 is 0 Å². The Morgan fingerprint density at radius 3 is 1.51 bits per heavy atom. The Labute approximate surface area is 294 Å². The number of nitrogens with zero attached hydrogens (tertiary/aromatic N) is 4. The predicted octanol–water partition coefficient (Wildman–Crippen LogP) is 13.3. The van der Waals surface area contributed by atoms with Gasteiger partial charge < -0.3 is 14.2 Å². The van der Waals surface area contributed by atoms with Gasteiger partial charge in [-0.25, -0.2) is 4.85 Å². The summed E-state index contributed by atoms with van der Waals surface area (Å²) in [6, 6.07) is 59.5. The van der Waals surface area contributed by atoms with E-state index in [1.807, 2.05) is 84.9 Å². The van der Waals surface area contributed by atoms with E-state index in [0.717, 1.165) is 77.6 Å². The Balaban J connectivity index is 1.17. The summed E-state index contributed by atoms with van der Waals surface area (Å²) in [5.74, 6) is 0. The standard InChI is InChI=1S/C46H28N4O/c1-48-42-17-9-11-19-44(42)50(37-15-6-3-7-16-37)39-23-21-32-27-41-40-26-31-20-22-38(24-34(31)28-45(40)51-46(41)29-35(32)25-39)49(36-13-4-2-5-14-36)43-18-10-8-12-33(43)30-47/h2-29H. The van der Waals surface area contributed by atoms with Gasteiger partial charge in [0.25, 0.3) is 0 Å². The molecule has 9 rings (SSSR count). The molecule has 0 bridgehead atoms. The van der Waals surface area contributed by atoms with Gasteiger partial charge in [0.1, 0.15) is 17.2 Å². The molecular weight excluding hydrogens is 625 g/mol. The van der Waals surface area contributed by atoms with Crippen molar-refractivity contribution in [2.45, 2.75) is 0 Å². The lowest BCUT2D eigenvalue weighted by molar-refractivity contribution is 0.670. The predicted molar refractivity (Wildman–Crippen MR) is 209 cm³/mol. The zero-order valence-electron chi connectivity index (χ0n) is 27.4. The van der Waals surface area contributed by atoms with Crippen molar-refractivity contribution in [1.29, 1.82) is 5.26 Å². The Kier molecular flexibility index (Phi) is 7.17. The van der Waals surface area contributed by atoms with Crippen LogP contribution in [0.1, 0.15) is 5.56 Å². The minimum Gasteiger partial charge on any atom is -0.456 e. The van der Waals surface area contributed by atoms with Crippen LogP contribution in [0.2, 0.25) is 0 Å². The summed E-state index contributed by atoms with van der Waals surface area (Å²) >= 11 is 0. The van der Waals surface area contributed by atoms with Crippen molar-refractivity contribution in [2.24, 2.45) is 0 Å². The molecule has 5 heteroatoms. The van der Waals surface area contributed by atoms with E-state index in [0.29, 0.717) is 11.3 Å². The van der Waals surface area contributed by atoms with Gasteiger partial charge in [0.15, 0.2) is 0 Å². The molecule has 0 fully saturated rings. The Hall–Kier alpha value is -7.34. The minimum atomic E-state index is 0.588. The number of benzene rings is 8. The fourth-order valence-electron chi connectivity index (χ4n) is 7.03. The van der Waals surface area contributed by atoms with Crippen LogP contribution in [0.4, 0.5) is 39.8 Å². The number of hydrogen-bond donors (Lipinski definition) is 0. The molecule has 0 aliphatic rings. The molecule has 0 aliphatic carbocycles. The van der Waals surface area contributed by atoms with Crippen molar-refractivity contribution in [3.8, 4) is 6.07 Å². The molecule has 0 spiro atoms. The number of nitriles is 1. The maximum absolute atomic E-state index is 9.96. The van der Waals surface area contributed by atoms with Gasteiger partial charge in [-0.05, 0) is 113 Å². The highest BCUT2D eigenvalue weighted by atomic mass is 16.3. The van der Waals surface area contributed by atoms with Gasteiger partial charge in [0.05, 0.1) is 23.5 Å². The quantitative estimate of drug-likeness (QED) is 0.168. The topological polar surface area (TPSA) is 47.8 Å². The third-order valence-corrected chi connectivity index (χ3v) is 9.41. The molecule has 5 nitrogen and oxygen atoms in total. The van der Waals surface area contributed by atoms with E-state index in [1.54, 1.807) is 0 Å². The first-order chi connectivity index (χ1) is 25.2. The summed E-state index contributed by atoms with van der Waals surface area (Å²) < 4.78 is 6.57. The Morgan fingerprint density at radius 1 is 0.471 bits per heavy atom. The molecule has 0 aliphatic heterocycles. The smallest absolute Gasteiger partial charge is 0.210 e. The fourth-order valence-corrected chi connectivity index (χ4v) is 7.03. The van der Waals surface area contributed by atoms with E-state index < -0.39 is 0 Å². The van der Waals surface area contributed by atoms with Crippen LogP contribution >= 0.6 is 0 Å². The number of para-hydroxylation sites is 5. The zero-order valence-corrected chi connectivity index (χ0v) is 27.4. The largest absolute Gasteiger partial charge is 0.456 e. The first-order valence-electron chi connectivity index (χ1n) is 16.7.